The van der Waals surface area contributed by atoms with Crippen molar-refractivity contribution >= 4 is 29.1 Å². The Balaban J connectivity index is 1.45. The zero-order valence-electron chi connectivity index (χ0n) is 16.5. The van der Waals surface area contributed by atoms with E-state index in [1.165, 1.54) is 0 Å². The standard InChI is InChI=1S/C22H26N4O3/c1-23-21(28)17-6-5-9-19(14-17)24-20(27)15-26-12-10-16(11-13-26)22(29)25-18-7-3-2-4-8-18/h2-9,14,16H,10-13,15H2,1H3,(H,23,28)(H,24,27)(H,25,29). The molecule has 7 heteroatoms. The van der Waals surface area contributed by atoms with Gasteiger partial charge < -0.3 is 16.0 Å². The van der Waals surface area contributed by atoms with Crippen molar-refractivity contribution in [1.29, 1.82) is 0 Å². The van der Waals surface area contributed by atoms with Gasteiger partial charge in [-0.3, -0.25) is 19.3 Å². The van der Waals surface area contributed by atoms with Crippen molar-refractivity contribution in [2.75, 3.05) is 37.3 Å². The summed E-state index contributed by atoms with van der Waals surface area (Å²) in [6.45, 7) is 1.65. The topological polar surface area (TPSA) is 90.5 Å². The Kier molecular flexibility index (Phi) is 6.97. The molecule has 3 N–H and O–H groups in total. The average Bonchev–Trinajstić information content (AvgIpc) is 2.74. The first-order chi connectivity index (χ1) is 14.0. The first-order valence-corrected chi connectivity index (χ1v) is 9.75. The van der Waals surface area contributed by atoms with Crippen LogP contribution in [0.25, 0.3) is 0 Å². The van der Waals surface area contributed by atoms with Crippen LogP contribution in [0.2, 0.25) is 0 Å². The quantitative estimate of drug-likeness (QED) is 0.701. The Bertz CT molecular complexity index is 861. The van der Waals surface area contributed by atoms with Crippen LogP contribution in [-0.2, 0) is 9.59 Å². The summed E-state index contributed by atoms with van der Waals surface area (Å²) in [6, 6.07) is 16.3. The predicted octanol–water partition coefficient (Wildman–Crippen LogP) is 2.34. The van der Waals surface area contributed by atoms with Gasteiger partial charge in [0.1, 0.15) is 0 Å². The molecule has 1 heterocycles. The molecular formula is C22H26N4O3. The molecule has 0 aromatic heterocycles. The molecule has 1 aliphatic heterocycles. The molecule has 152 valence electrons. The number of anilines is 2. The van der Waals surface area contributed by atoms with Crippen LogP contribution < -0.4 is 16.0 Å². The van der Waals surface area contributed by atoms with Crippen LogP contribution in [0.3, 0.4) is 0 Å². The summed E-state index contributed by atoms with van der Waals surface area (Å²) in [4.78, 5) is 38.5. The molecule has 3 amide bonds. The third kappa shape index (κ3) is 5.89. The van der Waals surface area contributed by atoms with Gasteiger partial charge in [-0.25, -0.2) is 0 Å². The number of nitrogens with one attached hydrogen (secondary N) is 3. The molecule has 0 spiro atoms. The van der Waals surface area contributed by atoms with E-state index in [-0.39, 0.29) is 30.2 Å². The Morgan fingerprint density at radius 3 is 2.31 bits per heavy atom. The number of amides is 3. The molecule has 0 saturated carbocycles. The maximum absolute atomic E-state index is 12.4. The maximum Gasteiger partial charge on any atom is 0.251 e. The first kappa shape index (κ1) is 20.5. The average molecular weight is 394 g/mol. The van der Waals surface area contributed by atoms with Crippen LogP contribution in [0.15, 0.2) is 54.6 Å². The van der Waals surface area contributed by atoms with E-state index in [2.05, 4.69) is 16.0 Å². The van der Waals surface area contributed by atoms with Gasteiger partial charge in [0.25, 0.3) is 5.91 Å². The van der Waals surface area contributed by atoms with Crippen molar-refractivity contribution < 1.29 is 14.4 Å². The normalized spacial score (nSPS) is 14.8. The lowest BCUT2D eigenvalue weighted by molar-refractivity contribution is -0.121. The van der Waals surface area contributed by atoms with E-state index in [1.807, 2.05) is 35.2 Å². The van der Waals surface area contributed by atoms with Crippen molar-refractivity contribution in [3.8, 4) is 0 Å². The minimum atomic E-state index is -0.197. The number of carbonyl (C=O) groups is 3. The first-order valence-electron chi connectivity index (χ1n) is 9.75. The second-order valence-electron chi connectivity index (χ2n) is 7.11. The molecule has 1 aliphatic rings. The maximum atomic E-state index is 12.4. The highest BCUT2D eigenvalue weighted by atomic mass is 16.2. The van der Waals surface area contributed by atoms with Gasteiger partial charge in [0.15, 0.2) is 0 Å². The number of likely N-dealkylation sites (tertiary alicyclic amines) is 1. The molecule has 0 bridgehead atoms. The van der Waals surface area contributed by atoms with Crippen molar-refractivity contribution in [1.82, 2.24) is 10.2 Å². The molecule has 29 heavy (non-hydrogen) atoms. The van der Waals surface area contributed by atoms with Crippen LogP contribution >= 0.6 is 0 Å². The van der Waals surface area contributed by atoms with E-state index in [0.717, 1.165) is 18.5 Å². The van der Waals surface area contributed by atoms with Crippen molar-refractivity contribution in [2.24, 2.45) is 5.92 Å². The van der Waals surface area contributed by atoms with Crippen LogP contribution in [0, 0.1) is 5.92 Å². The minimum Gasteiger partial charge on any atom is -0.355 e. The minimum absolute atomic E-state index is 0.0336. The van der Waals surface area contributed by atoms with Gasteiger partial charge in [-0.1, -0.05) is 24.3 Å². The largest absolute Gasteiger partial charge is 0.355 e. The third-order valence-electron chi connectivity index (χ3n) is 5.00. The lowest BCUT2D eigenvalue weighted by atomic mass is 9.96. The molecule has 3 rings (SSSR count). The Labute approximate surface area is 170 Å². The van der Waals surface area contributed by atoms with Crippen molar-refractivity contribution in [3.05, 3.63) is 60.2 Å². The van der Waals surface area contributed by atoms with E-state index in [0.29, 0.717) is 24.3 Å². The van der Waals surface area contributed by atoms with Gasteiger partial charge in [-0.15, -0.1) is 0 Å². The Morgan fingerprint density at radius 2 is 1.62 bits per heavy atom. The fourth-order valence-electron chi connectivity index (χ4n) is 3.41. The van der Waals surface area contributed by atoms with Gasteiger partial charge in [0.05, 0.1) is 6.54 Å². The number of carbonyl (C=O) groups excluding carboxylic acids is 3. The second-order valence-corrected chi connectivity index (χ2v) is 7.11. The molecular weight excluding hydrogens is 368 g/mol. The number of hydrogen-bond donors (Lipinski definition) is 3. The van der Waals surface area contributed by atoms with E-state index in [4.69, 9.17) is 0 Å². The monoisotopic (exact) mass is 394 g/mol. The summed E-state index contributed by atoms with van der Waals surface area (Å²) in [5.74, 6) is -0.340. The van der Waals surface area contributed by atoms with Crippen molar-refractivity contribution in [2.45, 2.75) is 12.8 Å². The number of hydrogen-bond acceptors (Lipinski definition) is 4. The molecule has 2 aromatic carbocycles. The van der Waals surface area contributed by atoms with E-state index in [1.54, 1.807) is 31.3 Å². The van der Waals surface area contributed by atoms with Gasteiger partial charge in [-0.05, 0) is 56.3 Å². The van der Waals surface area contributed by atoms with Crippen molar-refractivity contribution in [3.63, 3.8) is 0 Å². The highest BCUT2D eigenvalue weighted by Crippen LogP contribution is 2.19. The summed E-state index contributed by atoms with van der Waals surface area (Å²) in [5.41, 5.74) is 1.89. The second kappa shape index (κ2) is 9.84. The van der Waals surface area contributed by atoms with Gasteiger partial charge in [0, 0.05) is 29.9 Å². The third-order valence-corrected chi connectivity index (χ3v) is 5.00. The molecule has 0 unspecified atom stereocenters. The summed E-state index contributed by atoms with van der Waals surface area (Å²) >= 11 is 0. The van der Waals surface area contributed by atoms with Gasteiger partial charge in [-0.2, -0.15) is 0 Å². The summed E-state index contributed by atoms with van der Waals surface area (Å²) in [6.07, 6.45) is 1.44. The number of rotatable bonds is 6. The molecule has 0 atom stereocenters. The highest BCUT2D eigenvalue weighted by molar-refractivity contribution is 5.97. The fourth-order valence-corrected chi connectivity index (χ4v) is 3.41. The number of benzene rings is 2. The lowest BCUT2D eigenvalue weighted by Gasteiger charge is -2.30. The molecule has 0 radical (unpaired) electrons. The van der Waals surface area contributed by atoms with Crippen LogP contribution in [-0.4, -0.2) is 49.3 Å². The predicted molar refractivity (Wildman–Crippen MR) is 113 cm³/mol. The van der Waals surface area contributed by atoms with Gasteiger partial charge >= 0.3 is 0 Å². The summed E-state index contributed by atoms with van der Waals surface area (Å²) in [7, 11) is 1.57. The number of piperidine rings is 1. The fraction of sp³-hybridized carbons (Fsp3) is 0.318. The molecule has 1 saturated heterocycles. The molecule has 1 fully saturated rings. The zero-order valence-corrected chi connectivity index (χ0v) is 16.5. The van der Waals surface area contributed by atoms with Crippen LogP contribution in [0.5, 0.6) is 0 Å². The van der Waals surface area contributed by atoms with Gasteiger partial charge in [0.2, 0.25) is 11.8 Å². The van der Waals surface area contributed by atoms with E-state index in [9.17, 15) is 14.4 Å². The highest BCUT2D eigenvalue weighted by Gasteiger charge is 2.26. The van der Waals surface area contributed by atoms with E-state index < -0.39 is 0 Å². The van der Waals surface area contributed by atoms with Crippen LogP contribution in [0.4, 0.5) is 11.4 Å². The SMILES string of the molecule is CNC(=O)c1cccc(NC(=O)CN2CCC(C(=O)Nc3ccccc3)CC2)c1. The zero-order chi connectivity index (χ0) is 20.6. The molecule has 0 aliphatic carbocycles. The lowest BCUT2D eigenvalue weighted by Crippen LogP contribution is -2.41. The molecule has 7 nitrogen and oxygen atoms in total. The molecule has 2 aromatic rings. The Morgan fingerprint density at radius 1 is 0.931 bits per heavy atom. The van der Waals surface area contributed by atoms with Crippen LogP contribution in [0.1, 0.15) is 23.2 Å². The summed E-state index contributed by atoms with van der Waals surface area (Å²) < 4.78 is 0. The number of para-hydroxylation sites is 1. The summed E-state index contributed by atoms with van der Waals surface area (Å²) in [5, 5.41) is 8.35. The smallest absolute Gasteiger partial charge is 0.251 e. The number of nitrogens with zero attached hydrogens (tertiary/aromatic N) is 1. The van der Waals surface area contributed by atoms with E-state index >= 15 is 0 Å². The Hall–Kier alpha value is -3.19.